The average Bonchev–Trinajstić information content (AvgIpc) is 2.44. The van der Waals surface area contributed by atoms with E-state index < -0.39 is 5.82 Å². The van der Waals surface area contributed by atoms with Crippen LogP contribution in [0.2, 0.25) is 15.1 Å². The van der Waals surface area contributed by atoms with E-state index in [-0.39, 0.29) is 17.5 Å². The van der Waals surface area contributed by atoms with Crippen molar-refractivity contribution >= 4 is 52.1 Å². The predicted octanol–water partition coefficient (Wildman–Crippen LogP) is 4.84. The second kappa shape index (κ2) is 6.98. The van der Waals surface area contributed by atoms with Crippen LogP contribution in [0.15, 0.2) is 36.4 Å². The second-order valence-electron chi connectivity index (χ2n) is 4.13. The Hall–Kier alpha value is -1.49. The lowest BCUT2D eigenvalue weighted by atomic mass is 10.3. The Bertz CT molecular complexity index is 679. The number of amides is 1. The van der Waals surface area contributed by atoms with E-state index in [4.69, 9.17) is 34.8 Å². The number of benzene rings is 2. The molecule has 3 nitrogen and oxygen atoms in total. The maximum absolute atomic E-state index is 13.0. The molecule has 2 aromatic rings. The van der Waals surface area contributed by atoms with Crippen LogP contribution < -0.4 is 10.6 Å². The smallest absolute Gasteiger partial charge is 0.243 e. The summed E-state index contributed by atoms with van der Waals surface area (Å²) in [6, 6.07) is 9.01. The molecule has 0 bridgehead atoms. The molecule has 7 heteroatoms. The van der Waals surface area contributed by atoms with Crippen molar-refractivity contribution in [2.75, 3.05) is 17.2 Å². The lowest BCUT2D eigenvalue weighted by Gasteiger charge is -2.10. The van der Waals surface area contributed by atoms with Crippen molar-refractivity contribution in [2.45, 2.75) is 0 Å². The zero-order valence-electron chi connectivity index (χ0n) is 10.6. The highest BCUT2D eigenvalue weighted by atomic mass is 35.5. The Morgan fingerprint density at radius 2 is 1.86 bits per heavy atom. The van der Waals surface area contributed by atoms with Crippen molar-refractivity contribution in [3.63, 3.8) is 0 Å². The molecule has 0 aliphatic carbocycles. The Labute approximate surface area is 136 Å². The van der Waals surface area contributed by atoms with E-state index in [0.29, 0.717) is 21.4 Å². The van der Waals surface area contributed by atoms with Crippen LogP contribution in [-0.2, 0) is 4.79 Å². The van der Waals surface area contributed by atoms with Gasteiger partial charge in [-0.3, -0.25) is 4.79 Å². The zero-order valence-corrected chi connectivity index (χ0v) is 12.9. The highest BCUT2D eigenvalue weighted by Crippen LogP contribution is 2.29. The molecule has 2 rings (SSSR count). The van der Waals surface area contributed by atoms with Gasteiger partial charge >= 0.3 is 0 Å². The van der Waals surface area contributed by atoms with Gasteiger partial charge in [0.25, 0.3) is 0 Å². The van der Waals surface area contributed by atoms with Crippen LogP contribution >= 0.6 is 34.8 Å². The quantitative estimate of drug-likeness (QED) is 0.831. The van der Waals surface area contributed by atoms with Crippen molar-refractivity contribution in [1.82, 2.24) is 0 Å². The fraction of sp³-hybridized carbons (Fsp3) is 0.0714. The van der Waals surface area contributed by atoms with E-state index in [0.717, 1.165) is 0 Å². The summed E-state index contributed by atoms with van der Waals surface area (Å²) >= 11 is 17.5. The Morgan fingerprint density at radius 3 is 2.57 bits per heavy atom. The van der Waals surface area contributed by atoms with Gasteiger partial charge in [-0.05, 0) is 30.3 Å². The fourth-order valence-corrected chi connectivity index (χ4v) is 2.14. The number of nitrogens with one attached hydrogen (secondary N) is 2. The van der Waals surface area contributed by atoms with E-state index in [9.17, 15) is 9.18 Å². The predicted molar refractivity (Wildman–Crippen MR) is 85.0 cm³/mol. The van der Waals surface area contributed by atoms with Crippen LogP contribution in [0, 0.1) is 5.82 Å². The molecule has 0 saturated carbocycles. The normalized spacial score (nSPS) is 10.3. The molecule has 0 saturated heterocycles. The topological polar surface area (TPSA) is 41.1 Å². The summed E-state index contributed by atoms with van der Waals surface area (Å²) in [5.41, 5.74) is 0.960. The van der Waals surface area contributed by atoms with E-state index >= 15 is 0 Å². The summed E-state index contributed by atoms with van der Waals surface area (Å²) in [4.78, 5) is 11.8. The van der Waals surface area contributed by atoms with Gasteiger partial charge in [0.2, 0.25) is 5.91 Å². The number of hydrogen-bond donors (Lipinski definition) is 2. The molecule has 0 fully saturated rings. The lowest BCUT2D eigenvalue weighted by Crippen LogP contribution is -2.21. The fourth-order valence-electron chi connectivity index (χ4n) is 1.59. The van der Waals surface area contributed by atoms with Crippen molar-refractivity contribution in [2.24, 2.45) is 0 Å². The Morgan fingerprint density at radius 1 is 1.10 bits per heavy atom. The van der Waals surface area contributed by atoms with Crippen LogP contribution in [0.4, 0.5) is 15.8 Å². The number of hydrogen-bond acceptors (Lipinski definition) is 2. The minimum atomic E-state index is -0.543. The molecule has 110 valence electrons. The van der Waals surface area contributed by atoms with Gasteiger partial charge < -0.3 is 10.6 Å². The first-order chi connectivity index (χ1) is 9.97. The van der Waals surface area contributed by atoms with Gasteiger partial charge in [-0.15, -0.1) is 0 Å². The van der Waals surface area contributed by atoms with Gasteiger partial charge in [0.1, 0.15) is 5.82 Å². The summed E-state index contributed by atoms with van der Waals surface area (Å²) in [6.07, 6.45) is 0. The summed E-state index contributed by atoms with van der Waals surface area (Å²) in [5, 5.41) is 6.13. The first-order valence-corrected chi connectivity index (χ1v) is 7.03. The summed E-state index contributed by atoms with van der Waals surface area (Å²) < 4.78 is 13.0. The molecular formula is C14H10Cl3FN2O. The van der Waals surface area contributed by atoms with Gasteiger partial charge in [-0.2, -0.15) is 0 Å². The maximum Gasteiger partial charge on any atom is 0.243 e. The maximum atomic E-state index is 13.0. The molecule has 2 aromatic carbocycles. The van der Waals surface area contributed by atoms with Crippen LogP contribution in [0.25, 0.3) is 0 Å². The number of carbonyl (C=O) groups is 1. The second-order valence-corrected chi connectivity index (χ2v) is 5.32. The minimum Gasteiger partial charge on any atom is -0.375 e. The third kappa shape index (κ3) is 4.24. The van der Waals surface area contributed by atoms with Crippen LogP contribution in [0.3, 0.4) is 0 Å². The number of carbonyl (C=O) groups excluding carboxylic acids is 1. The molecule has 1 amide bonds. The van der Waals surface area contributed by atoms with E-state index in [1.54, 1.807) is 18.2 Å². The molecular weight excluding hydrogens is 338 g/mol. The van der Waals surface area contributed by atoms with Crippen molar-refractivity contribution in [1.29, 1.82) is 0 Å². The largest absolute Gasteiger partial charge is 0.375 e. The van der Waals surface area contributed by atoms with Crippen LogP contribution in [0.5, 0.6) is 0 Å². The summed E-state index contributed by atoms with van der Waals surface area (Å²) in [6.45, 7) is -0.0188. The van der Waals surface area contributed by atoms with E-state index in [2.05, 4.69) is 10.6 Å². The molecule has 0 atom stereocenters. The summed E-state index contributed by atoms with van der Waals surface area (Å²) in [7, 11) is 0. The highest BCUT2D eigenvalue weighted by molar-refractivity contribution is 6.43. The van der Waals surface area contributed by atoms with Crippen molar-refractivity contribution in [3.8, 4) is 0 Å². The first kappa shape index (κ1) is 15.9. The first-order valence-electron chi connectivity index (χ1n) is 5.90. The average molecular weight is 348 g/mol. The van der Waals surface area contributed by atoms with Crippen molar-refractivity contribution in [3.05, 3.63) is 57.3 Å². The zero-order chi connectivity index (χ0) is 15.4. The van der Waals surface area contributed by atoms with Gasteiger partial charge in [0.15, 0.2) is 0 Å². The molecule has 2 N–H and O–H groups in total. The van der Waals surface area contributed by atoms with Crippen molar-refractivity contribution < 1.29 is 9.18 Å². The molecule has 21 heavy (non-hydrogen) atoms. The standard InChI is InChI=1S/C14H10Cl3FN2O/c15-9-2-1-3-12(14(9)17)19-7-13(21)20-8-4-5-11(18)10(16)6-8/h1-6,19H,7H2,(H,20,21). The van der Waals surface area contributed by atoms with Crippen LogP contribution in [0.1, 0.15) is 0 Å². The highest BCUT2D eigenvalue weighted by Gasteiger charge is 2.08. The third-order valence-corrected chi connectivity index (χ3v) is 3.70. The molecule has 0 unspecified atom stereocenters. The van der Waals surface area contributed by atoms with Gasteiger partial charge in [-0.1, -0.05) is 40.9 Å². The van der Waals surface area contributed by atoms with E-state index in [1.165, 1.54) is 18.2 Å². The van der Waals surface area contributed by atoms with Crippen LogP contribution in [-0.4, -0.2) is 12.5 Å². The number of anilines is 2. The minimum absolute atomic E-state index is 0.0188. The SMILES string of the molecule is O=C(CNc1cccc(Cl)c1Cl)Nc1ccc(F)c(Cl)c1. The monoisotopic (exact) mass is 346 g/mol. The molecule has 0 aliphatic rings. The van der Waals surface area contributed by atoms with Gasteiger partial charge in [0, 0.05) is 5.69 Å². The number of halogens is 4. The number of rotatable bonds is 4. The molecule has 0 aromatic heterocycles. The summed E-state index contributed by atoms with van der Waals surface area (Å²) in [5.74, 6) is -0.868. The third-order valence-electron chi connectivity index (χ3n) is 2.59. The molecule has 0 heterocycles. The Kier molecular flexibility index (Phi) is 5.28. The molecule has 0 aliphatic heterocycles. The molecule has 0 radical (unpaired) electrons. The van der Waals surface area contributed by atoms with Gasteiger partial charge in [0.05, 0.1) is 27.3 Å². The van der Waals surface area contributed by atoms with E-state index in [1.807, 2.05) is 0 Å². The molecule has 0 spiro atoms. The Balaban J connectivity index is 1.96. The van der Waals surface area contributed by atoms with Gasteiger partial charge in [-0.25, -0.2) is 4.39 Å². The lowest BCUT2D eigenvalue weighted by molar-refractivity contribution is -0.114.